The summed E-state index contributed by atoms with van der Waals surface area (Å²) in [7, 11) is -3.21. The van der Waals surface area contributed by atoms with Crippen molar-refractivity contribution in [2.45, 2.75) is 63.1 Å². The van der Waals surface area contributed by atoms with Gasteiger partial charge >= 0.3 is 0 Å². The molecule has 0 radical (unpaired) electrons. The monoisotopic (exact) mass is 478 g/mol. The van der Waals surface area contributed by atoms with E-state index in [1.54, 1.807) is 16.8 Å². The van der Waals surface area contributed by atoms with E-state index < -0.39 is 22.0 Å². The predicted molar refractivity (Wildman–Crippen MR) is 123 cm³/mol. The van der Waals surface area contributed by atoms with Crippen LogP contribution >= 0.6 is 0 Å². The van der Waals surface area contributed by atoms with E-state index in [1.165, 1.54) is 10.6 Å². The van der Waals surface area contributed by atoms with Crippen LogP contribution in [-0.4, -0.2) is 69.8 Å². The highest BCUT2D eigenvalue weighted by molar-refractivity contribution is 7.88. The number of piperidine rings is 1. The molecule has 2 aromatic heterocycles. The molecule has 3 heterocycles. The summed E-state index contributed by atoms with van der Waals surface area (Å²) in [5.41, 5.74) is 5.74. The quantitative estimate of drug-likeness (QED) is 0.528. The average Bonchev–Trinajstić information content (AvgIpc) is 2.74. The Labute approximate surface area is 192 Å². The second-order valence-electron chi connectivity index (χ2n) is 9.02. The number of hydrogen-bond acceptors (Lipinski definition) is 8. The number of hydrogen-bond donors (Lipinski definition) is 3. The maximum atomic E-state index is 13.3. The molecular weight excluding hydrogens is 448 g/mol. The molecule has 1 aliphatic heterocycles. The van der Waals surface area contributed by atoms with E-state index in [-0.39, 0.29) is 29.6 Å². The van der Waals surface area contributed by atoms with Gasteiger partial charge in [-0.15, -0.1) is 0 Å². The van der Waals surface area contributed by atoms with E-state index in [1.807, 2.05) is 0 Å². The third-order valence-corrected chi connectivity index (χ3v) is 7.76. The fraction of sp³-hybridized carbons (Fsp3) is 0.619. The van der Waals surface area contributed by atoms with Gasteiger partial charge < -0.3 is 16.2 Å². The Morgan fingerprint density at radius 1 is 1.27 bits per heavy atom. The van der Waals surface area contributed by atoms with Crippen molar-refractivity contribution in [1.82, 2.24) is 18.8 Å². The molecule has 2 aromatic rings. The highest BCUT2D eigenvalue weighted by atomic mass is 32.2. The van der Waals surface area contributed by atoms with Crippen molar-refractivity contribution in [3.05, 3.63) is 28.2 Å². The summed E-state index contributed by atoms with van der Waals surface area (Å²) in [4.78, 5) is 33.8. The Hall–Kier alpha value is -2.57. The van der Waals surface area contributed by atoms with Gasteiger partial charge in [0.2, 0.25) is 21.9 Å². The number of aliphatic hydroxyl groups is 1. The van der Waals surface area contributed by atoms with Gasteiger partial charge in [-0.2, -0.15) is 4.98 Å². The number of amides is 1. The molecule has 2 unspecified atom stereocenters. The molecule has 1 saturated heterocycles. The molecule has 1 amide bonds. The number of sulfonamides is 1. The SMILES string of the molecule is CS(=O)(=O)N1CCC(Nc2ncc3cc(CC(N)=O)c(=O)n(C4CCCC(O)C4)c3n2)CC1. The molecule has 0 aromatic carbocycles. The molecule has 1 aliphatic carbocycles. The first kappa shape index (κ1) is 23.6. The van der Waals surface area contributed by atoms with E-state index >= 15 is 0 Å². The molecular formula is C21H30N6O5S. The van der Waals surface area contributed by atoms with Crippen molar-refractivity contribution in [3.8, 4) is 0 Å². The Morgan fingerprint density at radius 2 is 2.00 bits per heavy atom. The summed E-state index contributed by atoms with van der Waals surface area (Å²) < 4.78 is 26.5. The average molecular weight is 479 g/mol. The number of anilines is 1. The van der Waals surface area contributed by atoms with Crippen molar-refractivity contribution in [3.63, 3.8) is 0 Å². The van der Waals surface area contributed by atoms with Gasteiger partial charge in [0.15, 0.2) is 0 Å². The number of nitrogens with one attached hydrogen (secondary N) is 1. The summed E-state index contributed by atoms with van der Waals surface area (Å²) >= 11 is 0. The maximum Gasteiger partial charge on any atom is 0.256 e. The fourth-order valence-electron chi connectivity index (χ4n) is 4.79. The van der Waals surface area contributed by atoms with Crippen LogP contribution in [-0.2, 0) is 21.2 Å². The largest absolute Gasteiger partial charge is 0.393 e. The molecule has 4 rings (SSSR count). The fourth-order valence-corrected chi connectivity index (χ4v) is 5.66. The summed E-state index contributed by atoms with van der Waals surface area (Å²) in [5.74, 6) is -0.242. The topological polar surface area (TPSA) is 161 Å². The predicted octanol–water partition coefficient (Wildman–Crippen LogP) is 0.131. The minimum atomic E-state index is -3.21. The van der Waals surface area contributed by atoms with Gasteiger partial charge in [0.1, 0.15) is 5.65 Å². The highest BCUT2D eigenvalue weighted by Gasteiger charge is 2.27. The van der Waals surface area contributed by atoms with Crippen molar-refractivity contribution in [2.75, 3.05) is 24.7 Å². The molecule has 180 valence electrons. The van der Waals surface area contributed by atoms with Crippen LogP contribution in [0.1, 0.15) is 50.1 Å². The van der Waals surface area contributed by atoms with E-state index in [2.05, 4.69) is 15.3 Å². The van der Waals surface area contributed by atoms with Crippen LogP contribution in [0.25, 0.3) is 11.0 Å². The van der Waals surface area contributed by atoms with Crippen LogP contribution in [0, 0.1) is 0 Å². The van der Waals surface area contributed by atoms with Crippen molar-refractivity contribution < 1.29 is 18.3 Å². The third-order valence-electron chi connectivity index (χ3n) is 6.45. The van der Waals surface area contributed by atoms with Crippen LogP contribution in [0.15, 0.2) is 17.1 Å². The zero-order valence-electron chi connectivity index (χ0n) is 18.6. The summed E-state index contributed by atoms with van der Waals surface area (Å²) in [5, 5.41) is 14.1. The van der Waals surface area contributed by atoms with Crippen LogP contribution in [0.2, 0.25) is 0 Å². The lowest BCUT2D eigenvalue weighted by Gasteiger charge is -2.31. The molecule has 2 fully saturated rings. The normalized spacial score (nSPS) is 23.0. The lowest BCUT2D eigenvalue weighted by atomic mass is 9.92. The molecule has 2 aliphatic rings. The summed E-state index contributed by atoms with van der Waals surface area (Å²) in [6.45, 7) is 0.844. The van der Waals surface area contributed by atoms with Gasteiger partial charge in [-0.1, -0.05) is 0 Å². The van der Waals surface area contributed by atoms with Gasteiger partial charge in [0.05, 0.1) is 18.8 Å². The van der Waals surface area contributed by atoms with Crippen LogP contribution < -0.4 is 16.6 Å². The molecule has 4 N–H and O–H groups in total. The number of aromatic nitrogens is 3. The standard InChI is InChI=1S/C21H30N6O5S/c1-33(31,32)26-7-5-15(6-8-26)24-21-23-12-14-9-13(10-18(22)29)20(30)27(19(14)25-21)16-3-2-4-17(28)11-16/h9,12,15-17,28H,2-8,10-11H2,1H3,(H2,22,29)(H,23,24,25). The molecule has 33 heavy (non-hydrogen) atoms. The zero-order chi connectivity index (χ0) is 23.8. The van der Waals surface area contributed by atoms with Crippen molar-refractivity contribution in [1.29, 1.82) is 0 Å². The number of carbonyl (C=O) groups excluding carboxylic acids is 1. The van der Waals surface area contributed by atoms with E-state index in [4.69, 9.17) is 5.73 Å². The Bertz CT molecular complexity index is 1210. The smallest absolute Gasteiger partial charge is 0.256 e. The first-order chi connectivity index (χ1) is 15.6. The van der Waals surface area contributed by atoms with Crippen molar-refractivity contribution >= 4 is 32.9 Å². The lowest BCUT2D eigenvalue weighted by molar-refractivity contribution is -0.117. The number of primary amides is 1. The van der Waals surface area contributed by atoms with Crippen molar-refractivity contribution in [2.24, 2.45) is 5.73 Å². The van der Waals surface area contributed by atoms with Crippen LogP contribution in [0.3, 0.4) is 0 Å². The van der Waals surface area contributed by atoms with Gasteiger partial charge in [-0.3, -0.25) is 14.2 Å². The molecule has 1 saturated carbocycles. The number of fused-ring (bicyclic) bond motifs is 1. The first-order valence-electron chi connectivity index (χ1n) is 11.2. The number of aliphatic hydroxyl groups excluding tert-OH is 1. The molecule has 12 heteroatoms. The molecule has 11 nitrogen and oxygen atoms in total. The zero-order valence-corrected chi connectivity index (χ0v) is 19.4. The molecule has 0 spiro atoms. The number of nitrogens with zero attached hydrogens (tertiary/aromatic N) is 4. The highest BCUT2D eigenvalue weighted by Crippen LogP contribution is 2.30. The van der Waals surface area contributed by atoms with Crippen LogP contribution in [0.4, 0.5) is 5.95 Å². The first-order valence-corrected chi connectivity index (χ1v) is 13.1. The van der Waals surface area contributed by atoms with E-state index in [0.29, 0.717) is 55.8 Å². The maximum absolute atomic E-state index is 13.3. The Kier molecular flexibility index (Phi) is 6.68. The van der Waals surface area contributed by atoms with Crippen LogP contribution in [0.5, 0.6) is 0 Å². The lowest BCUT2D eigenvalue weighted by Crippen LogP contribution is -2.42. The number of pyridine rings is 1. The summed E-state index contributed by atoms with van der Waals surface area (Å²) in [6.07, 6.45) is 6.02. The van der Waals surface area contributed by atoms with Gasteiger partial charge in [0, 0.05) is 42.3 Å². The summed E-state index contributed by atoms with van der Waals surface area (Å²) in [6, 6.07) is 1.37. The van der Waals surface area contributed by atoms with Gasteiger partial charge in [-0.25, -0.2) is 17.7 Å². The van der Waals surface area contributed by atoms with Gasteiger partial charge in [-0.05, 0) is 44.6 Å². The minimum absolute atomic E-state index is 0.00580. The third kappa shape index (κ3) is 5.33. The molecule has 0 bridgehead atoms. The van der Waals surface area contributed by atoms with E-state index in [0.717, 1.165) is 12.8 Å². The van der Waals surface area contributed by atoms with Gasteiger partial charge in [0.25, 0.3) is 5.56 Å². The molecule has 2 atom stereocenters. The van der Waals surface area contributed by atoms with E-state index in [9.17, 15) is 23.1 Å². The number of rotatable bonds is 6. The second kappa shape index (κ2) is 9.35. The minimum Gasteiger partial charge on any atom is -0.393 e. The Balaban J connectivity index is 1.66. The second-order valence-corrected chi connectivity index (χ2v) is 11.0. The number of nitrogens with two attached hydrogens (primary N) is 1. The number of carbonyl (C=O) groups is 1. The Morgan fingerprint density at radius 3 is 2.64 bits per heavy atom.